The number of phenolic OH excluding ortho intramolecular Hbond substituents is 1. The number of aryl methyl sites for hydroxylation is 2. The number of benzene rings is 2. The van der Waals surface area contributed by atoms with Gasteiger partial charge < -0.3 is 14.9 Å². The molecule has 2 rings (SSSR count). The lowest BCUT2D eigenvalue weighted by atomic mass is 9.95. The lowest BCUT2D eigenvalue weighted by Crippen LogP contribution is -2.12. The van der Waals surface area contributed by atoms with E-state index in [9.17, 15) is 19.8 Å². The number of ether oxygens (including phenoxy) is 1. The number of unbranched alkanes of at least 4 members (excludes halogenated alkanes) is 21. The summed E-state index contributed by atoms with van der Waals surface area (Å²) < 4.78 is 5.69. The Hall–Kier alpha value is -2.82. The zero-order chi connectivity index (χ0) is 33.6. The van der Waals surface area contributed by atoms with Crippen LogP contribution in [0.25, 0.3) is 0 Å². The van der Waals surface area contributed by atoms with Crippen molar-refractivity contribution in [3.05, 3.63) is 57.6 Å². The molecular formula is C41H64O5. The van der Waals surface area contributed by atoms with Crippen molar-refractivity contribution in [1.29, 1.82) is 0 Å². The molecule has 0 amide bonds. The van der Waals surface area contributed by atoms with Crippen LogP contribution in [0.15, 0.2) is 24.3 Å². The summed E-state index contributed by atoms with van der Waals surface area (Å²) in [4.78, 5) is 24.8. The lowest BCUT2D eigenvalue weighted by Gasteiger charge is -2.15. The van der Waals surface area contributed by atoms with Crippen LogP contribution in [0.2, 0.25) is 0 Å². The number of carboxylic acids is 1. The van der Waals surface area contributed by atoms with Crippen molar-refractivity contribution in [2.45, 2.75) is 175 Å². The Labute approximate surface area is 280 Å². The highest BCUT2D eigenvalue weighted by Gasteiger charge is 2.19. The van der Waals surface area contributed by atoms with Gasteiger partial charge in [-0.25, -0.2) is 9.59 Å². The topological polar surface area (TPSA) is 83.8 Å². The van der Waals surface area contributed by atoms with Crippen LogP contribution in [0.3, 0.4) is 0 Å². The summed E-state index contributed by atoms with van der Waals surface area (Å²) in [6, 6.07) is 6.32. The van der Waals surface area contributed by atoms with E-state index in [1.165, 1.54) is 122 Å². The molecule has 2 N–H and O–H groups in total. The Kier molecular flexibility index (Phi) is 20.1. The number of carbonyl (C=O) groups excluding carboxylic acids is 1. The largest absolute Gasteiger partial charge is 0.507 e. The smallest absolute Gasteiger partial charge is 0.343 e. The third-order valence-corrected chi connectivity index (χ3v) is 9.49. The quantitative estimate of drug-likeness (QED) is 0.0610. The molecule has 0 fully saturated rings. The van der Waals surface area contributed by atoms with Crippen molar-refractivity contribution in [1.82, 2.24) is 0 Å². The van der Waals surface area contributed by atoms with Crippen LogP contribution in [0.1, 0.15) is 191 Å². The van der Waals surface area contributed by atoms with E-state index in [-0.39, 0.29) is 11.3 Å². The van der Waals surface area contributed by atoms with Crippen molar-refractivity contribution in [3.63, 3.8) is 0 Å². The third kappa shape index (κ3) is 15.2. The van der Waals surface area contributed by atoms with Crippen LogP contribution in [-0.4, -0.2) is 22.2 Å². The Bertz CT molecular complexity index is 1140. The number of aromatic carboxylic acids is 1. The number of carbonyl (C=O) groups is 2. The number of aromatic hydroxyl groups is 1. The first-order chi connectivity index (χ1) is 22.3. The predicted molar refractivity (Wildman–Crippen MR) is 192 cm³/mol. The highest BCUT2D eigenvalue weighted by atomic mass is 16.5. The molecule has 0 aromatic heterocycles. The minimum atomic E-state index is -0.959. The van der Waals surface area contributed by atoms with Gasteiger partial charge in [0.2, 0.25) is 0 Å². The van der Waals surface area contributed by atoms with E-state index < -0.39 is 11.9 Å². The minimum absolute atomic E-state index is 0.168. The first kappa shape index (κ1) is 39.4. The molecule has 2 aromatic rings. The van der Waals surface area contributed by atoms with E-state index in [1.807, 2.05) is 6.92 Å². The fraction of sp³-hybridized carbons (Fsp3) is 0.659. The molecule has 0 aliphatic heterocycles. The van der Waals surface area contributed by atoms with E-state index >= 15 is 0 Å². The second-order valence-electron chi connectivity index (χ2n) is 13.5. The molecule has 0 radical (unpaired) electrons. The summed E-state index contributed by atoms with van der Waals surface area (Å²) in [5.74, 6) is -0.930. The minimum Gasteiger partial charge on any atom is -0.507 e. The van der Waals surface area contributed by atoms with Crippen LogP contribution in [0.5, 0.6) is 11.5 Å². The number of phenols is 1. The van der Waals surface area contributed by atoms with Crippen LogP contribution in [-0.2, 0) is 6.42 Å². The standard InChI is InChI=1S/C41H64O5/c1-5-6-7-8-9-10-11-12-13-14-15-16-17-18-19-20-21-22-23-24-25-26-27-36-34(4)38(29-28-37(36)40(43)44)46-41(45)35-30-32(2)39(42)33(3)31-35/h28-31,42H,5-27H2,1-4H3,(H,43,44). The van der Waals surface area contributed by atoms with Crippen molar-refractivity contribution >= 4 is 11.9 Å². The molecule has 46 heavy (non-hydrogen) atoms. The molecule has 0 saturated carbocycles. The summed E-state index contributed by atoms with van der Waals surface area (Å²) in [7, 11) is 0. The van der Waals surface area contributed by atoms with Crippen molar-refractivity contribution in [2.75, 3.05) is 0 Å². The van der Waals surface area contributed by atoms with Gasteiger partial charge in [0.05, 0.1) is 11.1 Å². The van der Waals surface area contributed by atoms with E-state index in [4.69, 9.17) is 4.74 Å². The molecule has 0 aliphatic carbocycles. The van der Waals surface area contributed by atoms with Crippen molar-refractivity contribution in [2.24, 2.45) is 0 Å². The Morgan fingerprint density at radius 2 is 1.00 bits per heavy atom. The molecule has 0 heterocycles. The molecule has 0 aliphatic rings. The highest BCUT2D eigenvalue weighted by Crippen LogP contribution is 2.29. The number of hydrogen-bond acceptors (Lipinski definition) is 4. The molecule has 5 heteroatoms. The molecule has 2 aromatic carbocycles. The third-order valence-electron chi connectivity index (χ3n) is 9.49. The molecular weight excluding hydrogens is 572 g/mol. The maximum Gasteiger partial charge on any atom is 0.343 e. The summed E-state index contributed by atoms with van der Waals surface area (Å²) in [6.07, 6.45) is 30.1. The van der Waals surface area contributed by atoms with E-state index in [2.05, 4.69) is 6.92 Å². The lowest BCUT2D eigenvalue weighted by molar-refractivity contribution is 0.0695. The van der Waals surface area contributed by atoms with Gasteiger partial charge in [-0.15, -0.1) is 0 Å². The average Bonchev–Trinajstić information content (AvgIpc) is 3.03. The maximum atomic E-state index is 12.9. The number of esters is 1. The molecule has 0 bridgehead atoms. The number of rotatable bonds is 26. The van der Waals surface area contributed by atoms with Gasteiger partial charge >= 0.3 is 11.9 Å². The molecule has 5 nitrogen and oxygen atoms in total. The van der Waals surface area contributed by atoms with Gasteiger partial charge in [0.25, 0.3) is 0 Å². The maximum absolute atomic E-state index is 12.9. The average molecular weight is 637 g/mol. The summed E-state index contributed by atoms with van der Waals surface area (Å²) in [5, 5.41) is 19.8. The number of hydrogen-bond donors (Lipinski definition) is 2. The van der Waals surface area contributed by atoms with Crippen molar-refractivity contribution in [3.8, 4) is 11.5 Å². The van der Waals surface area contributed by atoms with E-state index in [0.717, 1.165) is 24.8 Å². The highest BCUT2D eigenvalue weighted by molar-refractivity contribution is 5.93. The fourth-order valence-electron chi connectivity index (χ4n) is 6.51. The van der Waals surface area contributed by atoms with Gasteiger partial charge in [-0.05, 0) is 80.1 Å². The Morgan fingerprint density at radius 1 is 0.609 bits per heavy atom. The molecule has 258 valence electrons. The van der Waals surface area contributed by atoms with Gasteiger partial charge in [0.1, 0.15) is 11.5 Å². The van der Waals surface area contributed by atoms with E-state index in [1.54, 1.807) is 38.1 Å². The van der Waals surface area contributed by atoms with Gasteiger partial charge in [0, 0.05) is 0 Å². The molecule has 0 unspecified atom stereocenters. The van der Waals surface area contributed by atoms with Crippen LogP contribution >= 0.6 is 0 Å². The van der Waals surface area contributed by atoms with Crippen LogP contribution in [0, 0.1) is 20.8 Å². The first-order valence-electron chi connectivity index (χ1n) is 18.6. The van der Waals surface area contributed by atoms with Gasteiger partial charge in [-0.2, -0.15) is 0 Å². The fourth-order valence-corrected chi connectivity index (χ4v) is 6.51. The number of carboxylic acid groups (broad SMARTS) is 1. The molecule has 0 atom stereocenters. The Balaban J connectivity index is 1.56. The van der Waals surface area contributed by atoms with Crippen LogP contribution in [0.4, 0.5) is 0 Å². The zero-order valence-corrected chi connectivity index (χ0v) is 29.7. The summed E-state index contributed by atoms with van der Waals surface area (Å²) >= 11 is 0. The summed E-state index contributed by atoms with van der Waals surface area (Å²) in [5.41, 5.74) is 3.28. The van der Waals surface area contributed by atoms with E-state index in [0.29, 0.717) is 34.4 Å². The van der Waals surface area contributed by atoms with Crippen molar-refractivity contribution < 1.29 is 24.5 Å². The predicted octanol–water partition coefficient (Wildman–Crippen LogP) is 12.4. The summed E-state index contributed by atoms with van der Waals surface area (Å²) in [6.45, 7) is 7.60. The molecule has 0 spiro atoms. The molecule has 0 saturated heterocycles. The monoisotopic (exact) mass is 636 g/mol. The van der Waals surface area contributed by atoms with Gasteiger partial charge in [0.15, 0.2) is 0 Å². The second kappa shape index (κ2) is 23.5. The first-order valence-corrected chi connectivity index (χ1v) is 18.6. The van der Waals surface area contributed by atoms with Gasteiger partial charge in [-0.3, -0.25) is 0 Å². The normalized spacial score (nSPS) is 11.2. The zero-order valence-electron chi connectivity index (χ0n) is 29.7. The Morgan fingerprint density at radius 3 is 1.39 bits per heavy atom. The van der Waals surface area contributed by atoms with Gasteiger partial charge in [-0.1, -0.05) is 142 Å². The van der Waals surface area contributed by atoms with Crippen LogP contribution < -0.4 is 4.74 Å². The SMILES string of the molecule is CCCCCCCCCCCCCCCCCCCCCCCCc1c(C(=O)O)ccc(OC(=O)c2cc(C)c(O)c(C)c2)c1C. The second-order valence-corrected chi connectivity index (χ2v) is 13.5.